The van der Waals surface area contributed by atoms with Gasteiger partial charge in [0, 0.05) is 12.3 Å². The van der Waals surface area contributed by atoms with E-state index in [0.29, 0.717) is 18.3 Å². The molecule has 4 nitrogen and oxygen atoms in total. The Bertz CT molecular complexity index is 498. The van der Waals surface area contributed by atoms with Crippen molar-refractivity contribution < 1.29 is 19.4 Å². The Morgan fingerprint density at radius 2 is 2.00 bits per heavy atom. The van der Waals surface area contributed by atoms with Crippen LogP contribution in [0.15, 0.2) is 42.5 Å². The molecule has 1 N–H and O–H groups in total. The van der Waals surface area contributed by atoms with E-state index < -0.39 is 5.97 Å². The average Bonchev–Trinajstić information content (AvgIpc) is 3.03. The van der Waals surface area contributed by atoms with Crippen molar-refractivity contribution in [2.24, 2.45) is 11.8 Å². The van der Waals surface area contributed by atoms with Crippen LogP contribution in [0.3, 0.4) is 0 Å². The number of hydrogen-bond acceptors (Lipinski definition) is 3. The number of aliphatic carboxylic acids is 1. The van der Waals surface area contributed by atoms with Crippen molar-refractivity contribution in [2.45, 2.75) is 32.1 Å². The summed E-state index contributed by atoms with van der Waals surface area (Å²) in [6, 6.07) is 10.4. The molecule has 4 heteroatoms. The van der Waals surface area contributed by atoms with Crippen molar-refractivity contribution in [1.82, 2.24) is 0 Å². The molecule has 0 bridgehead atoms. The Balaban J connectivity index is 1.58. The van der Waals surface area contributed by atoms with Crippen molar-refractivity contribution in [3.63, 3.8) is 0 Å². The van der Waals surface area contributed by atoms with E-state index in [1.165, 1.54) is 5.56 Å². The first kappa shape index (κ1) is 18.7. The van der Waals surface area contributed by atoms with E-state index in [1.807, 2.05) is 6.07 Å². The van der Waals surface area contributed by atoms with E-state index in [4.69, 9.17) is 14.6 Å². The third kappa shape index (κ3) is 7.28. The summed E-state index contributed by atoms with van der Waals surface area (Å²) in [6.07, 6.45) is 7.97. The topological polar surface area (TPSA) is 55.8 Å². The van der Waals surface area contributed by atoms with Gasteiger partial charge in [0.05, 0.1) is 26.4 Å². The Morgan fingerprint density at radius 3 is 2.79 bits per heavy atom. The molecule has 0 saturated carbocycles. The van der Waals surface area contributed by atoms with Gasteiger partial charge in [0.1, 0.15) is 0 Å². The fourth-order valence-electron chi connectivity index (χ4n) is 2.92. The maximum Gasteiger partial charge on any atom is 0.303 e. The molecule has 2 rings (SSSR count). The minimum atomic E-state index is -0.722. The summed E-state index contributed by atoms with van der Waals surface area (Å²) in [7, 11) is 0. The van der Waals surface area contributed by atoms with Crippen LogP contribution >= 0.6 is 0 Å². The molecule has 1 aliphatic rings. The van der Waals surface area contributed by atoms with Gasteiger partial charge in [-0.25, -0.2) is 0 Å². The highest BCUT2D eigenvalue weighted by atomic mass is 16.5. The predicted molar refractivity (Wildman–Crippen MR) is 94.0 cm³/mol. The smallest absolute Gasteiger partial charge is 0.303 e. The van der Waals surface area contributed by atoms with Gasteiger partial charge in [-0.2, -0.15) is 0 Å². The number of allylic oxidation sites excluding steroid dienone is 2. The molecule has 2 atom stereocenters. The number of carboxylic acid groups (broad SMARTS) is 1. The summed E-state index contributed by atoms with van der Waals surface area (Å²) in [6.45, 7) is 3.08. The van der Waals surface area contributed by atoms with E-state index in [0.717, 1.165) is 45.7 Å². The summed E-state index contributed by atoms with van der Waals surface area (Å²) < 4.78 is 11.5. The molecule has 132 valence electrons. The van der Waals surface area contributed by atoms with Gasteiger partial charge in [-0.05, 0) is 37.2 Å². The number of rotatable bonds is 11. The summed E-state index contributed by atoms with van der Waals surface area (Å²) >= 11 is 0. The molecule has 0 spiro atoms. The second kappa shape index (κ2) is 11.0. The summed E-state index contributed by atoms with van der Waals surface area (Å²) in [4.78, 5) is 10.4. The molecule has 0 aromatic heterocycles. The zero-order valence-electron chi connectivity index (χ0n) is 14.2. The Hall–Kier alpha value is -1.65. The third-order valence-corrected chi connectivity index (χ3v) is 4.41. The number of hydrogen-bond donors (Lipinski definition) is 1. The van der Waals surface area contributed by atoms with E-state index in [2.05, 4.69) is 36.4 Å². The molecule has 1 heterocycles. The van der Waals surface area contributed by atoms with Crippen LogP contribution < -0.4 is 0 Å². The van der Waals surface area contributed by atoms with E-state index in [-0.39, 0.29) is 6.42 Å². The number of carbonyl (C=O) groups is 1. The zero-order chi connectivity index (χ0) is 17.0. The van der Waals surface area contributed by atoms with Gasteiger partial charge in [0.25, 0.3) is 0 Å². The van der Waals surface area contributed by atoms with Gasteiger partial charge < -0.3 is 14.6 Å². The van der Waals surface area contributed by atoms with Crippen molar-refractivity contribution in [3.05, 3.63) is 48.0 Å². The highest BCUT2D eigenvalue weighted by Gasteiger charge is 2.27. The molecule has 0 amide bonds. The Kier molecular flexibility index (Phi) is 8.56. The highest BCUT2D eigenvalue weighted by molar-refractivity contribution is 5.66. The molecule has 0 unspecified atom stereocenters. The van der Waals surface area contributed by atoms with Crippen molar-refractivity contribution in [1.29, 1.82) is 0 Å². The maximum absolute atomic E-state index is 10.4. The van der Waals surface area contributed by atoms with Gasteiger partial charge in [-0.3, -0.25) is 4.79 Å². The first-order valence-corrected chi connectivity index (χ1v) is 8.82. The summed E-state index contributed by atoms with van der Waals surface area (Å²) in [5, 5.41) is 8.60. The van der Waals surface area contributed by atoms with Crippen molar-refractivity contribution in [2.75, 3.05) is 26.4 Å². The van der Waals surface area contributed by atoms with Crippen LogP contribution in [0.25, 0.3) is 0 Å². The van der Waals surface area contributed by atoms with Crippen LogP contribution in [0.5, 0.6) is 0 Å². The van der Waals surface area contributed by atoms with Crippen LogP contribution in [0.2, 0.25) is 0 Å². The summed E-state index contributed by atoms with van der Waals surface area (Å²) in [5.74, 6) is 0.252. The lowest BCUT2D eigenvalue weighted by molar-refractivity contribution is -0.137. The van der Waals surface area contributed by atoms with Crippen LogP contribution in [-0.2, 0) is 20.7 Å². The molecule has 1 aliphatic heterocycles. The normalized spacial score (nSPS) is 20.7. The molecular formula is C20H28O4. The van der Waals surface area contributed by atoms with E-state index >= 15 is 0 Å². The largest absolute Gasteiger partial charge is 0.481 e. The Labute approximate surface area is 144 Å². The minimum Gasteiger partial charge on any atom is -0.481 e. The SMILES string of the molecule is O=C(O)CCCC=CC[C@H]1COC[C@@H]1COCCc1ccccc1. The van der Waals surface area contributed by atoms with Gasteiger partial charge in [0.2, 0.25) is 0 Å². The molecule has 0 aliphatic carbocycles. The molecule has 0 radical (unpaired) electrons. The highest BCUT2D eigenvalue weighted by Crippen LogP contribution is 2.24. The Morgan fingerprint density at radius 1 is 1.21 bits per heavy atom. The van der Waals surface area contributed by atoms with Crippen LogP contribution in [-0.4, -0.2) is 37.5 Å². The number of benzene rings is 1. The van der Waals surface area contributed by atoms with Gasteiger partial charge in [-0.15, -0.1) is 0 Å². The fourth-order valence-corrected chi connectivity index (χ4v) is 2.92. The lowest BCUT2D eigenvalue weighted by Gasteiger charge is -2.16. The average molecular weight is 332 g/mol. The van der Waals surface area contributed by atoms with Crippen molar-refractivity contribution >= 4 is 5.97 Å². The quantitative estimate of drug-likeness (QED) is 0.496. The second-order valence-electron chi connectivity index (χ2n) is 6.36. The van der Waals surface area contributed by atoms with E-state index in [1.54, 1.807) is 0 Å². The fraction of sp³-hybridized carbons (Fsp3) is 0.550. The first-order chi connectivity index (χ1) is 11.8. The van der Waals surface area contributed by atoms with Gasteiger partial charge in [0.15, 0.2) is 0 Å². The first-order valence-electron chi connectivity index (χ1n) is 8.82. The molecule has 24 heavy (non-hydrogen) atoms. The van der Waals surface area contributed by atoms with Gasteiger partial charge >= 0.3 is 5.97 Å². The predicted octanol–water partition coefficient (Wildman–Crippen LogP) is 3.71. The summed E-state index contributed by atoms with van der Waals surface area (Å²) in [5.41, 5.74) is 1.31. The third-order valence-electron chi connectivity index (χ3n) is 4.41. The number of carboxylic acids is 1. The maximum atomic E-state index is 10.4. The molecule has 1 aromatic carbocycles. The number of ether oxygens (including phenoxy) is 2. The standard InChI is InChI=1S/C20H28O4/c21-20(22)11-7-2-1-6-10-18-14-24-16-19(18)15-23-13-12-17-8-4-3-5-9-17/h1,3-6,8-9,18-19H,2,7,10-16H2,(H,21,22)/t18-,19-/m0/s1. The van der Waals surface area contributed by atoms with Gasteiger partial charge in [-0.1, -0.05) is 42.5 Å². The monoisotopic (exact) mass is 332 g/mol. The molecule has 1 fully saturated rings. The van der Waals surface area contributed by atoms with Crippen LogP contribution in [0.1, 0.15) is 31.2 Å². The number of unbranched alkanes of at least 4 members (excludes halogenated alkanes) is 1. The van der Waals surface area contributed by atoms with Crippen LogP contribution in [0, 0.1) is 11.8 Å². The minimum absolute atomic E-state index is 0.245. The molecule has 1 saturated heterocycles. The second-order valence-corrected chi connectivity index (χ2v) is 6.36. The van der Waals surface area contributed by atoms with E-state index in [9.17, 15) is 4.79 Å². The zero-order valence-corrected chi connectivity index (χ0v) is 14.2. The van der Waals surface area contributed by atoms with Crippen LogP contribution in [0.4, 0.5) is 0 Å². The lowest BCUT2D eigenvalue weighted by atomic mass is 9.93. The molecular weight excluding hydrogens is 304 g/mol. The van der Waals surface area contributed by atoms with Crippen molar-refractivity contribution in [3.8, 4) is 0 Å². The lowest BCUT2D eigenvalue weighted by Crippen LogP contribution is -2.19. The molecule has 1 aromatic rings.